The number of likely N-dealkylation sites (N-methyl/N-ethyl adjacent to an activating group) is 1. The largest absolute Gasteiger partial charge is 0.489 e. The minimum atomic E-state index is -2.69. The van der Waals surface area contributed by atoms with Crippen LogP contribution in [0.3, 0.4) is 0 Å². The van der Waals surface area contributed by atoms with Crippen LogP contribution >= 0.6 is 0 Å². The Bertz CT molecular complexity index is 3660. The van der Waals surface area contributed by atoms with Gasteiger partial charge in [-0.15, -0.1) is 0 Å². The number of nitrogens with one attached hydrogen (secondary N) is 3. The van der Waals surface area contributed by atoms with Crippen molar-refractivity contribution >= 4 is 52.5 Å². The van der Waals surface area contributed by atoms with Crippen LogP contribution in [-0.4, -0.2) is 107 Å². The van der Waals surface area contributed by atoms with Gasteiger partial charge in [0.2, 0.25) is 5.91 Å². The van der Waals surface area contributed by atoms with Gasteiger partial charge in [0, 0.05) is 40.9 Å². The molecule has 0 aliphatic carbocycles. The minimum absolute atomic E-state index is 0.0124. The molecule has 0 bridgehead atoms. The van der Waals surface area contributed by atoms with Gasteiger partial charge in [-0.2, -0.15) is 0 Å². The number of ether oxygens (including phenoxy) is 7. The highest BCUT2D eigenvalue weighted by atomic mass is 28.4. The lowest BCUT2D eigenvalue weighted by Crippen LogP contribution is -2.56. The maximum absolute atomic E-state index is 15.7. The number of hydrogen-bond acceptors (Lipinski definition) is 14. The second-order valence-electron chi connectivity index (χ2n) is 27.8. The first-order valence-corrected chi connectivity index (χ1v) is 39.5. The quantitative estimate of drug-likeness (QED) is 0.0203. The van der Waals surface area contributed by atoms with E-state index in [1.54, 1.807) is 26.8 Å². The molecule has 97 heavy (non-hydrogen) atoms. The van der Waals surface area contributed by atoms with Gasteiger partial charge >= 0.3 is 30.2 Å². The number of carbonyl (C=O) groups excluding carboxylic acids is 6. The van der Waals surface area contributed by atoms with Gasteiger partial charge < -0.3 is 58.4 Å². The lowest BCUT2D eigenvalue weighted by atomic mass is 9.95. The van der Waals surface area contributed by atoms with E-state index < -0.39 is 82.3 Å². The van der Waals surface area contributed by atoms with Gasteiger partial charge in [0.25, 0.3) is 0 Å². The smallest absolute Gasteiger partial charge is 0.408 e. The van der Waals surface area contributed by atoms with Gasteiger partial charge in [-0.05, 0) is 119 Å². The Hall–Kier alpha value is -9.25. The molecule has 4 amide bonds. The van der Waals surface area contributed by atoms with Crippen LogP contribution in [0.15, 0.2) is 188 Å². The fourth-order valence-corrected chi connectivity index (χ4v) is 12.0. The molecule has 3 N–H and O–H groups in total. The van der Waals surface area contributed by atoms with Crippen LogP contribution in [0.5, 0.6) is 11.5 Å². The number of esters is 2. The highest BCUT2D eigenvalue weighted by Gasteiger charge is 2.42. The van der Waals surface area contributed by atoms with Gasteiger partial charge in [-0.1, -0.05) is 204 Å². The molecule has 7 rings (SSSR count). The highest BCUT2D eigenvalue weighted by Crippen LogP contribution is 2.38. The van der Waals surface area contributed by atoms with E-state index in [0.717, 1.165) is 22.3 Å². The van der Waals surface area contributed by atoms with Crippen molar-refractivity contribution in [3.63, 3.8) is 0 Å². The SMILES string of the molecule is CN(C(=O)C(CC(CNC(=O)OCc1ccccc1)O[Si](C)(C)C(C)(C)C)NC(=O)OC(C)(C)C)[C@@H](Cc1cc(-c2ccc(OCc3ccccc3)c(C[C@H](NC(=O)OCc3ccccc3)C(=O)OCC[Si](C)(C)C)c2)ccc1OCc1ccccc1)C(=O)OCc1ccccc1. The minimum Gasteiger partial charge on any atom is -0.489 e. The third-order valence-corrected chi connectivity index (χ3v) is 22.6. The van der Waals surface area contributed by atoms with Crippen LogP contribution < -0.4 is 25.4 Å². The summed E-state index contributed by atoms with van der Waals surface area (Å²) in [6.45, 7) is 22.2. The van der Waals surface area contributed by atoms with E-state index in [1.807, 2.05) is 195 Å². The maximum atomic E-state index is 15.7. The number of hydrogen-bond donors (Lipinski definition) is 3. The second-order valence-corrected chi connectivity index (χ2v) is 38.2. The Morgan fingerprint density at radius 1 is 0.474 bits per heavy atom. The summed E-state index contributed by atoms with van der Waals surface area (Å²) >= 11 is 0. The maximum Gasteiger partial charge on any atom is 0.408 e. The Kier molecular flexibility index (Phi) is 27.6. The molecule has 7 aromatic rings. The monoisotopic (exact) mass is 1360 g/mol. The van der Waals surface area contributed by atoms with Gasteiger partial charge in [0.1, 0.15) is 68.3 Å². The lowest BCUT2D eigenvalue weighted by molar-refractivity contribution is -0.156. The van der Waals surface area contributed by atoms with E-state index in [-0.39, 0.29) is 70.5 Å². The average Bonchev–Trinajstić information content (AvgIpc) is 0.827. The molecule has 0 radical (unpaired) electrons. The third kappa shape index (κ3) is 25.4. The summed E-state index contributed by atoms with van der Waals surface area (Å²) in [6, 6.07) is 54.7. The molecule has 18 nitrogen and oxygen atoms in total. The van der Waals surface area contributed by atoms with Gasteiger partial charge in [0.05, 0.1) is 12.7 Å². The summed E-state index contributed by atoms with van der Waals surface area (Å²) in [5, 5.41) is 8.14. The summed E-state index contributed by atoms with van der Waals surface area (Å²) < 4.78 is 49.3. The second kappa shape index (κ2) is 35.7. The molecule has 7 aromatic carbocycles. The van der Waals surface area contributed by atoms with Crippen molar-refractivity contribution in [2.75, 3.05) is 20.2 Å². The fraction of sp³-hybridized carbons (Fsp3) is 0.377. The molecule has 0 aliphatic rings. The van der Waals surface area contributed by atoms with Crippen LogP contribution in [-0.2, 0) is 88.4 Å². The van der Waals surface area contributed by atoms with Crippen molar-refractivity contribution in [1.29, 1.82) is 0 Å². The summed E-state index contributed by atoms with van der Waals surface area (Å²) in [5.74, 6) is -1.24. The van der Waals surface area contributed by atoms with Crippen molar-refractivity contribution in [3.05, 3.63) is 227 Å². The van der Waals surface area contributed by atoms with Gasteiger partial charge in [-0.25, -0.2) is 24.0 Å². The van der Waals surface area contributed by atoms with Crippen LogP contribution in [0.1, 0.15) is 86.9 Å². The molecule has 2 unspecified atom stereocenters. The Labute approximate surface area is 574 Å². The fourth-order valence-electron chi connectivity index (χ4n) is 9.95. The number of nitrogens with zero attached hydrogens (tertiary/aromatic N) is 1. The molecular weight excluding hydrogens is 1260 g/mol. The number of benzene rings is 7. The van der Waals surface area contributed by atoms with Crippen molar-refractivity contribution in [2.45, 2.75) is 167 Å². The zero-order valence-electron chi connectivity index (χ0n) is 58.1. The zero-order valence-corrected chi connectivity index (χ0v) is 60.1. The van der Waals surface area contributed by atoms with Crippen LogP contribution in [0, 0.1) is 0 Å². The average molecular weight is 1360 g/mol. The van der Waals surface area contributed by atoms with E-state index >= 15 is 9.59 Å². The van der Waals surface area contributed by atoms with Crippen molar-refractivity contribution < 1.29 is 66.4 Å². The highest BCUT2D eigenvalue weighted by molar-refractivity contribution is 6.76. The summed E-state index contributed by atoms with van der Waals surface area (Å²) in [5.41, 5.74) is 5.43. The topological polar surface area (TPSA) is 216 Å². The first-order chi connectivity index (χ1) is 46.1. The lowest BCUT2D eigenvalue weighted by Gasteiger charge is -2.40. The van der Waals surface area contributed by atoms with E-state index in [9.17, 15) is 19.2 Å². The molecular formula is C77H96N4O14Si2. The molecule has 0 heterocycles. The van der Waals surface area contributed by atoms with E-state index in [0.29, 0.717) is 45.4 Å². The Morgan fingerprint density at radius 2 is 0.897 bits per heavy atom. The normalized spacial score (nSPS) is 12.9. The van der Waals surface area contributed by atoms with E-state index in [2.05, 4.69) is 56.4 Å². The molecule has 4 atom stereocenters. The molecule has 516 valence electrons. The third-order valence-electron chi connectivity index (χ3n) is 16.4. The number of amides is 4. The number of rotatable bonds is 32. The molecule has 0 aliphatic heterocycles. The summed E-state index contributed by atoms with van der Waals surface area (Å²) in [6.07, 6.45) is -3.70. The Morgan fingerprint density at radius 3 is 1.34 bits per heavy atom. The molecule has 20 heteroatoms. The van der Waals surface area contributed by atoms with Crippen molar-refractivity contribution in [1.82, 2.24) is 20.9 Å². The van der Waals surface area contributed by atoms with Crippen molar-refractivity contribution in [2.24, 2.45) is 0 Å². The molecule has 0 aromatic heterocycles. The standard InChI is InChI=1S/C77H96N4O14Si2/c1-76(2,3)94-75(87)79-65(48-64(95-97(11,12)77(4,5)6)49-78-73(85)92-53-58-34-24-16-25-35-58)70(82)81(7)67(72(84)91-52-57-32-22-15-23-33-57)47-63-45-61(39-41-69(63)90-51-56-30-20-14-21-31-56)60-38-40-68(89-50-55-28-18-13-19-29-55)62(44-60)46-66(71(83)88-42-43-96(8,9)10)80-74(86)93-54-59-36-26-17-27-37-59/h13-41,44-45,64-67H,42-43,46-54H2,1-12H3,(H,78,85)(H,79,87)(H,80,86)/t64?,65?,66-,67-/m0/s1. The predicted molar refractivity (Wildman–Crippen MR) is 381 cm³/mol. The Balaban J connectivity index is 1.30. The molecule has 0 spiro atoms. The summed E-state index contributed by atoms with van der Waals surface area (Å²) in [4.78, 5) is 87.6. The van der Waals surface area contributed by atoms with E-state index in [1.165, 1.54) is 11.9 Å². The number of alkyl carbamates (subject to hydrolysis) is 3. The number of carbonyl (C=O) groups is 6. The van der Waals surface area contributed by atoms with Crippen LogP contribution in [0.4, 0.5) is 14.4 Å². The van der Waals surface area contributed by atoms with Crippen LogP contribution in [0.2, 0.25) is 43.8 Å². The van der Waals surface area contributed by atoms with Crippen molar-refractivity contribution in [3.8, 4) is 22.6 Å². The van der Waals surface area contributed by atoms with Gasteiger partial charge in [-0.3, -0.25) is 4.79 Å². The van der Waals surface area contributed by atoms with Crippen LogP contribution in [0.25, 0.3) is 11.1 Å². The summed E-state index contributed by atoms with van der Waals surface area (Å²) in [7, 11) is -2.86. The van der Waals surface area contributed by atoms with E-state index in [4.69, 9.17) is 37.6 Å². The first kappa shape index (κ1) is 75.1. The molecule has 0 saturated heterocycles. The first-order valence-electron chi connectivity index (χ1n) is 32.9. The zero-order chi connectivity index (χ0) is 70.2. The van der Waals surface area contributed by atoms with Gasteiger partial charge in [0.15, 0.2) is 8.32 Å². The molecule has 0 saturated carbocycles. The predicted octanol–water partition coefficient (Wildman–Crippen LogP) is 14.9. The molecule has 0 fully saturated rings.